The Kier molecular flexibility index (Phi) is 10.9. The molecule has 0 aliphatic carbocycles. The molecule has 164 valence electrons. The summed E-state index contributed by atoms with van der Waals surface area (Å²) < 4.78 is 22.9. The van der Waals surface area contributed by atoms with Gasteiger partial charge in [0, 0.05) is 32.2 Å². The zero-order valence-corrected chi connectivity index (χ0v) is 18.6. The van der Waals surface area contributed by atoms with Gasteiger partial charge in [0.05, 0.1) is 18.3 Å². The number of carbonyl (C=O) groups excluding carboxylic acids is 2. The largest absolute Gasteiger partial charge is 0.370 e. The summed E-state index contributed by atoms with van der Waals surface area (Å²) >= 11 is 0. The highest BCUT2D eigenvalue weighted by Crippen LogP contribution is 2.48. The first kappa shape index (κ1) is 25.3. The molecule has 0 spiro atoms. The van der Waals surface area contributed by atoms with Crippen molar-refractivity contribution in [2.45, 2.75) is 97.4 Å². The summed E-state index contributed by atoms with van der Waals surface area (Å²) in [6.45, 7) is 9.43. The van der Waals surface area contributed by atoms with E-state index in [4.69, 9.17) is 18.5 Å². The number of ether oxygens (including phenoxy) is 2. The van der Waals surface area contributed by atoms with Gasteiger partial charge in [0.25, 0.3) is 7.57 Å². The zero-order valence-electron chi connectivity index (χ0n) is 17.7. The maximum absolute atomic E-state index is 11.7. The minimum Gasteiger partial charge on any atom is -0.370 e. The highest BCUT2D eigenvalue weighted by atomic mass is 31.2. The van der Waals surface area contributed by atoms with Crippen molar-refractivity contribution in [2.24, 2.45) is 0 Å². The number of carbonyl (C=O) groups is 2. The molecule has 5 unspecified atom stereocenters. The number of hydrogen-bond donors (Lipinski definition) is 2. The molecule has 5 atom stereocenters. The van der Waals surface area contributed by atoms with Crippen molar-refractivity contribution in [3.8, 4) is 0 Å². The van der Waals surface area contributed by atoms with Crippen LogP contribution in [-0.4, -0.2) is 60.1 Å². The molecule has 9 heteroatoms. The average molecular weight is 421 g/mol. The molecule has 0 bridgehead atoms. The van der Waals surface area contributed by atoms with Crippen LogP contribution in [0.5, 0.6) is 0 Å². The molecule has 0 aromatic heterocycles. The number of Topliss-reactive ketones (excluding diaryl/α,β-unsaturated/α-hetero) is 1. The lowest BCUT2D eigenvalue weighted by atomic mass is 10.1. The standard InChI is InChI=1S/C19H36NO7P/c1-7-15(21)9-10-16(12-20-18(22)8-2)26-28(6,23)27-19-17(24-13(3)4)11-14(5)25-19/h13-14,16-17,19,23H,6-12H2,1-5H3,(H,20,22). The number of rotatable bonds is 13. The summed E-state index contributed by atoms with van der Waals surface area (Å²) in [6, 6.07) is 0. The van der Waals surface area contributed by atoms with Crippen molar-refractivity contribution < 1.29 is 33.0 Å². The molecular formula is C19H36NO7P. The van der Waals surface area contributed by atoms with Gasteiger partial charge in [-0.1, -0.05) is 13.8 Å². The number of amides is 1. The third kappa shape index (κ3) is 9.63. The predicted octanol–water partition coefficient (Wildman–Crippen LogP) is 2.79. The van der Waals surface area contributed by atoms with E-state index < -0.39 is 20.0 Å². The van der Waals surface area contributed by atoms with Gasteiger partial charge in [-0.05, 0) is 33.5 Å². The second-order valence-electron chi connectivity index (χ2n) is 7.33. The molecule has 8 nitrogen and oxygen atoms in total. The Morgan fingerprint density at radius 2 is 2.00 bits per heavy atom. The van der Waals surface area contributed by atoms with Crippen LogP contribution in [0.15, 0.2) is 0 Å². The van der Waals surface area contributed by atoms with E-state index in [1.807, 2.05) is 20.8 Å². The van der Waals surface area contributed by atoms with Gasteiger partial charge in [-0.3, -0.25) is 14.1 Å². The Labute approximate surface area is 168 Å². The van der Waals surface area contributed by atoms with Crippen LogP contribution >= 0.6 is 7.57 Å². The smallest absolute Gasteiger partial charge is 0.250 e. The highest BCUT2D eigenvalue weighted by Gasteiger charge is 2.38. The molecule has 0 saturated carbocycles. The first-order valence-electron chi connectivity index (χ1n) is 9.98. The number of ketones is 1. The Morgan fingerprint density at radius 1 is 1.32 bits per heavy atom. The third-order valence-electron chi connectivity index (χ3n) is 4.25. The Balaban J connectivity index is 2.72. The van der Waals surface area contributed by atoms with Crippen LogP contribution in [0, 0.1) is 0 Å². The maximum atomic E-state index is 11.7. The summed E-state index contributed by atoms with van der Waals surface area (Å²) in [5.74, 6) is -0.0544. The summed E-state index contributed by atoms with van der Waals surface area (Å²) in [4.78, 5) is 33.9. The normalized spacial score (nSPS) is 25.5. The first-order chi connectivity index (χ1) is 13.1. The van der Waals surface area contributed by atoms with Gasteiger partial charge >= 0.3 is 0 Å². The Morgan fingerprint density at radius 3 is 2.57 bits per heavy atom. The fourth-order valence-electron chi connectivity index (χ4n) is 2.84. The molecule has 1 aliphatic rings. The van der Waals surface area contributed by atoms with Gasteiger partial charge in [0.2, 0.25) is 5.91 Å². The van der Waals surface area contributed by atoms with Crippen molar-refractivity contribution in [1.29, 1.82) is 0 Å². The molecule has 1 rings (SSSR count). The van der Waals surface area contributed by atoms with Crippen molar-refractivity contribution in [3.05, 3.63) is 0 Å². The van der Waals surface area contributed by atoms with E-state index in [2.05, 4.69) is 11.6 Å². The van der Waals surface area contributed by atoms with Gasteiger partial charge in [-0.15, -0.1) is 0 Å². The lowest BCUT2D eigenvalue weighted by Crippen LogP contribution is -2.34. The van der Waals surface area contributed by atoms with Crippen LogP contribution in [0.2, 0.25) is 0 Å². The summed E-state index contributed by atoms with van der Waals surface area (Å²) in [5.41, 5.74) is 0. The molecule has 1 saturated heterocycles. The fraction of sp³-hybridized carbons (Fsp3) is 0.842. The van der Waals surface area contributed by atoms with Gasteiger partial charge in [-0.25, -0.2) is 0 Å². The van der Waals surface area contributed by atoms with Crippen molar-refractivity contribution in [3.63, 3.8) is 0 Å². The SMILES string of the molecule is C=P(O)(OC(CCC(=O)CC)CNC(=O)CC)OC1OC(C)CC1OC(C)C. The predicted molar refractivity (Wildman–Crippen MR) is 109 cm³/mol. The van der Waals surface area contributed by atoms with E-state index in [1.54, 1.807) is 13.8 Å². The van der Waals surface area contributed by atoms with Crippen LogP contribution in [0.4, 0.5) is 0 Å². The van der Waals surface area contributed by atoms with Crippen molar-refractivity contribution in [2.75, 3.05) is 6.54 Å². The van der Waals surface area contributed by atoms with Crippen LogP contribution in [0.25, 0.3) is 0 Å². The van der Waals surface area contributed by atoms with E-state index in [9.17, 15) is 14.5 Å². The number of nitrogens with one attached hydrogen (secondary N) is 1. The second-order valence-corrected chi connectivity index (χ2v) is 9.03. The van der Waals surface area contributed by atoms with E-state index in [1.165, 1.54) is 0 Å². The van der Waals surface area contributed by atoms with Crippen molar-refractivity contribution in [1.82, 2.24) is 5.32 Å². The summed E-state index contributed by atoms with van der Waals surface area (Å²) in [7, 11) is -3.51. The zero-order chi connectivity index (χ0) is 21.3. The van der Waals surface area contributed by atoms with Gasteiger partial charge in [0.15, 0.2) is 6.29 Å². The van der Waals surface area contributed by atoms with E-state index in [0.29, 0.717) is 32.1 Å². The second kappa shape index (κ2) is 12.1. The van der Waals surface area contributed by atoms with Crippen LogP contribution < -0.4 is 5.32 Å². The van der Waals surface area contributed by atoms with Crippen molar-refractivity contribution >= 4 is 25.6 Å². The van der Waals surface area contributed by atoms with Gasteiger partial charge < -0.3 is 24.2 Å². The van der Waals surface area contributed by atoms with Crippen LogP contribution in [-0.2, 0) is 28.1 Å². The monoisotopic (exact) mass is 421 g/mol. The Bertz CT molecular complexity index is 534. The third-order valence-corrected chi connectivity index (χ3v) is 5.42. The van der Waals surface area contributed by atoms with Crippen LogP contribution in [0.3, 0.4) is 0 Å². The molecule has 28 heavy (non-hydrogen) atoms. The summed E-state index contributed by atoms with van der Waals surface area (Å²) in [6.07, 6.45) is 3.96. The lowest BCUT2D eigenvalue weighted by Gasteiger charge is -2.29. The molecular weight excluding hydrogens is 385 g/mol. The molecule has 0 radical (unpaired) electrons. The van der Waals surface area contributed by atoms with Gasteiger partial charge in [-0.2, -0.15) is 0 Å². The topological polar surface area (TPSA) is 103 Å². The number of hydrogen-bond acceptors (Lipinski definition) is 7. The minimum atomic E-state index is -3.51. The minimum absolute atomic E-state index is 0.0146. The molecule has 0 aromatic carbocycles. The van der Waals surface area contributed by atoms with E-state index >= 15 is 0 Å². The molecule has 1 aliphatic heterocycles. The lowest BCUT2D eigenvalue weighted by molar-refractivity contribution is -0.140. The van der Waals surface area contributed by atoms with Crippen LogP contribution in [0.1, 0.15) is 66.7 Å². The van der Waals surface area contributed by atoms with E-state index in [-0.39, 0.29) is 36.5 Å². The molecule has 1 heterocycles. The summed E-state index contributed by atoms with van der Waals surface area (Å²) in [5, 5.41) is 2.72. The molecule has 1 amide bonds. The first-order valence-corrected chi connectivity index (χ1v) is 11.7. The Hall–Kier alpha value is -0.760. The fourth-order valence-corrected chi connectivity index (χ4v) is 4.04. The average Bonchev–Trinajstić information content (AvgIpc) is 2.93. The quantitative estimate of drug-likeness (QED) is 0.441. The maximum Gasteiger partial charge on any atom is 0.250 e. The molecule has 0 aromatic rings. The van der Waals surface area contributed by atoms with E-state index in [0.717, 1.165) is 0 Å². The highest BCUT2D eigenvalue weighted by molar-refractivity contribution is 7.58. The van der Waals surface area contributed by atoms with Gasteiger partial charge in [0.1, 0.15) is 11.9 Å². The molecule has 1 fully saturated rings. The molecule has 2 N–H and O–H groups in total.